The highest BCUT2D eigenvalue weighted by atomic mass is 16.7. The molecule has 5 N–H and O–H groups in total. The summed E-state index contributed by atoms with van der Waals surface area (Å²) in [6.45, 7) is -0.689. The highest BCUT2D eigenvalue weighted by molar-refractivity contribution is 5.87. The van der Waals surface area contributed by atoms with E-state index < -0.39 is 67.7 Å². The highest BCUT2D eigenvalue weighted by Crippen LogP contribution is 2.34. The summed E-state index contributed by atoms with van der Waals surface area (Å²) in [6, 6.07) is 6.23. The average molecular weight is 552 g/mol. The summed E-state index contributed by atoms with van der Waals surface area (Å²) in [4.78, 5) is 12.6. The molecule has 0 amide bonds. The van der Waals surface area contributed by atoms with Crippen LogP contribution in [0.4, 0.5) is 0 Å². The van der Waals surface area contributed by atoms with E-state index in [4.69, 9.17) is 28.4 Å². The van der Waals surface area contributed by atoms with E-state index in [9.17, 15) is 35.6 Å². The van der Waals surface area contributed by atoms with Gasteiger partial charge in [0.1, 0.15) is 30.5 Å². The van der Waals surface area contributed by atoms with Crippen molar-refractivity contribution in [2.45, 2.75) is 61.5 Å². The fourth-order valence-corrected chi connectivity index (χ4v) is 4.56. The average Bonchev–Trinajstić information content (AvgIpc) is 2.93. The van der Waals surface area contributed by atoms with E-state index in [0.29, 0.717) is 5.56 Å². The summed E-state index contributed by atoms with van der Waals surface area (Å²) in [5, 5.41) is 61.0. The fourth-order valence-electron chi connectivity index (χ4n) is 4.56. The van der Waals surface area contributed by atoms with Gasteiger partial charge in [-0.05, 0) is 23.8 Å². The van der Waals surface area contributed by atoms with Crippen LogP contribution in [0.3, 0.4) is 0 Å². The normalized spacial score (nSPS) is 34.1. The zero-order valence-electron chi connectivity index (χ0n) is 21.6. The molecular formula is C26H33NO12. The summed E-state index contributed by atoms with van der Waals surface area (Å²) in [5.74, 6) is -0.820. The number of phenolic OH excluding ortho intramolecular Hbond substituents is 1. The van der Waals surface area contributed by atoms with Crippen molar-refractivity contribution in [3.05, 3.63) is 41.5 Å². The molecule has 9 unspecified atom stereocenters. The number of aliphatic hydroxyl groups excluding tert-OH is 4. The predicted molar refractivity (Wildman–Crippen MR) is 132 cm³/mol. The van der Waals surface area contributed by atoms with Crippen molar-refractivity contribution in [1.82, 2.24) is 0 Å². The van der Waals surface area contributed by atoms with Crippen molar-refractivity contribution in [3.63, 3.8) is 0 Å². The largest absolute Gasteiger partial charge is 0.504 e. The van der Waals surface area contributed by atoms with Gasteiger partial charge in [0, 0.05) is 38.4 Å². The lowest BCUT2D eigenvalue weighted by Crippen LogP contribution is -2.61. The first-order chi connectivity index (χ1) is 18.7. The Balaban J connectivity index is 1.78. The molecule has 214 valence electrons. The Hall–Kier alpha value is -3.06. The number of ether oxygens (including phenoxy) is 6. The Morgan fingerprint density at radius 2 is 1.90 bits per heavy atom. The van der Waals surface area contributed by atoms with Gasteiger partial charge >= 0.3 is 5.97 Å². The maximum absolute atomic E-state index is 12.6. The van der Waals surface area contributed by atoms with Gasteiger partial charge in [0.25, 0.3) is 0 Å². The summed E-state index contributed by atoms with van der Waals surface area (Å²) >= 11 is 0. The maximum Gasteiger partial charge on any atom is 0.331 e. The molecule has 1 saturated carbocycles. The van der Waals surface area contributed by atoms with E-state index in [-0.39, 0.29) is 23.5 Å². The number of hydrogen-bond donors (Lipinski definition) is 5. The Labute approximate surface area is 225 Å². The van der Waals surface area contributed by atoms with Crippen LogP contribution >= 0.6 is 0 Å². The second-order valence-corrected chi connectivity index (χ2v) is 8.93. The van der Waals surface area contributed by atoms with Crippen LogP contribution in [-0.2, 0) is 28.5 Å². The summed E-state index contributed by atoms with van der Waals surface area (Å²) in [7, 11) is 4.18. The zero-order valence-corrected chi connectivity index (χ0v) is 21.6. The number of esters is 1. The number of aliphatic hydroxyl groups is 4. The first kappa shape index (κ1) is 30.5. The molecule has 0 spiro atoms. The molecule has 1 aliphatic carbocycles. The number of aromatic hydroxyl groups is 1. The standard InChI is InChI=1S/C26H33NO12/c1-34-17-10-13(4-6-15(17)29)5-7-20(30)39-25-22(32)19(12-28)38-26(23(25)33)37-16-11-18(35-2)24(36-3)21(31)14(16)8-9-27/h4-8,10,16,18-19,21-26,28-29,31-33H,11-12H2,1-3H3. The van der Waals surface area contributed by atoms with Crippen LogP contribution in [0, 0.1) is 11.3 Å². The van der Waals surface area contributed by atoms with Gasteiger partial charge in [0.05, 0.1) is 32.0 Å². The lowest BCUT2D eigenvalue weighted by molar-refractivity contribution is -0.314. The number of methoxy groups -OCH3 is 3. The van der Waals surface area contributed by atoms with Crippen molar-refractivity contribution >= 4 is 12.0 Å². The first-order valence-corrected chi connectivity index (χ1v) is 12.1. The Bertz CT molecular complexity index is 1090. The molecule has 0 bridgehead atoms. The van der Waals surface area contributed by atoms with Gasteiger partial charge in [-0.15, -0.1) is 0 Å². The van der Waals surface area contributed by atoms with Gasteiger partial charge < -0.3 is 54.0 Å². The second-order valence-electron chi connectivity index (χ2n) is 8.93. The minimum Gasteiger partial charge on any atom is -0.504 e. The molecule has 0 radical (unpaired) electrons. The van der Waals surface area contributed by atoms with Crippen molar-refractivity contribution in [2.24, 2.45) is 0 Å². The molecule has 1 saturated heterocycles. The van der Waals surface area contributed by atoms with Gasteiger partial charge in [0.2, 0.25) is 0 Å². The van der Waals surface area contributed by atoms with Crippen LogP contribution in [0.5, 0.6) is 11.5 Å². The SMILES string of the molecule is COc1cc(C=CC(=O)OC2C(O)C(CO)OC(OC3CC(OC)C(OC)C(O)C3=CC#N)C2O)ccc1O. The maximum atomic E-state index is 12.6. The molecule has 9 atom stereocenters. The van der Waals surface area contributed by atoms with Crippen molar-refractivity contribution in [1.29, 1.82) is 5.26 Å². The third-order valence-corrected chi connectivity index (χ3v) is 6.63. The van der Waals surface area contributed by atoms with E-state index in [1.807, 2.05) is 6.07 Å². The predicted octanol–water partition coefficient (Wildman–Crippen LogP) is -0.605. The third-order valence-electron chi connectivity index (χ3n) is 6.63. The van der Waals surface area contributed by atoms with Crippen molar-refractivity contribution < 1.29 is 58.7 Å². The number of carbonyl (C=O) groups excluding carboxylic acids is 1. The Morgan fingerprint density at radius 3 is 2.51 bits per heavy atom. The number of benzene rings is 1. The van der Waals surface area contributed by atoms with Gasteiger partial charge in [-0.2, -0.15) is 5.26 Å². The fraction of sp³-hybridized carbons (Fsp3) is 0.538. The molecule has 1 aliphatic heterocycles. The number of hydrogen-bond acceptors (Lipinski definition) is 13. The Morgan fingerprint density at radius 1 is 1.15 bits per heavy atom. The molecule has 39 heavy (non-hydrogen) atoms. The zero-order chi connectivity index (χ0) is 28.7. The lowest BCUT2D eigenvalue weighted by Gasteiger charge is -2.45. The lowest BCUT2D eigenvalue weighted by atomic mass is 9.84. The van der Waals surface area contributed by atoms with Gasteiger partial charge in [-0.1, -0.05) is 6.07 Å². The van der Waals surface area contributed by atoms with Crippen LogP contribution in [0.15, 0.2) is 35.9 Å². The van der Waals surface area contributed by atoms with E-state index >= 15 is 0 Å². The summed E-state index contributed by atoms with van der Waals surface area (Å²) < 4.78 is 32.5. The van der Waals surface area contributed by atoms with Crippen molar-refractivity contribution in [2.75, 3.05) is 27.9 Å². The molecule has 3 rings (SSSR count). The molecule has 13 nitrogen and oxygen atoms in total. The summed E-state index contributed by atoms with van der Waals surface area (Å²) in [5.41, 5.74) is 0.653. The molecule has 1 aromatic carbocycles. The van der Waals surface area contributed by atoms with Crippen molar-refractivity contribution in [3.8, 4) is 17.6 Å². The number of nitrogens with zero attached hydrogens (tertiary/aromatic N) is 1. The molecule has 2 aliphatic rings. The molecule has 13 heteroatoms. The van der Waals surface area contributed by atoms with Crippen LogP contribution < -0.4 is 4.74 Å². The summed E-state index contributed by atoms with van der Waals surface area (Å²) in [6.07, 6.45) is -7.73. The highest BCUT2D eigenvalue weighted by Gasteiger charge is 2.50. The molecular weight excluding hydrogens is 518 g/mol. The van der Waals surface area contributed by atoms with Crippen LogP contribution in [0.25, 0.3) is 6.08 Å². The van der Waals surface area contributed by atoms with Gasteiger partial charge in [-0.3, -0.25) is 0 Å². The molecule has 1 aromatic rings. The van der Waals surface area contributed by atoms with Crippen LogP contribution in [0.2, 0.25) is 0 Å². The molecule has 0 aromatic heterocycles. The first-order valence-electron chi connectivity index (χ1n) is 12.1. The van der Waals surface area contributed by atoms with E-state index in [0.717, 1.165) is 12.2 Å². The topological polar surface area (TPSA) is 197 Å². The van der Waals surface area contributed by atoms with Crippen LogP contribution in [0.1, 0.15) is 12.0 Å². The number of carbonyl (C=O) groups is 1. The minimum atomic E-state index is -1.71. The number of nitriles is 1. The monoisotopic (exact) mass is 551 g/mol. The van der Waals surface area contributed by atoms with E-state index in [1.165, 1.54) is 45.6 Å². The third kappa shape index (κ3) is 6.93. The van der Waals surface area contributed by atoms with Gasteiger partial charge in [0.15, 0.2) is 23.9 Å². The van der Waals surface area contributed by atoms with Gasteiger partial charge in [-0.25, -0.2) is 4.79 Å². The number of phenols is 1. The second kappa shape index (κ2) is 13.8. The van der Waals surface area contributed by atoms with E-state index in [2.05, 4.69) is 0 Å². The Kier molecular flexibility index (Phi) is 10.8. The molecule has 1 heterocycles. The number of rotatable bonds is 9. The minimum absolute atomic E-state index is 0.0837. The van der Waals surface area contributed by atoms with E-state index in [1.54, 1.807) is 0 Å². The molecule has 2 fully saturated rings. The quantitative estimate of drug-likeness (QED) is 0.148. The van der Waals surface area contributed by atoms with Crippen LogP contribution in [-0.4, -0.2) is 115 Å². The smallest absolute Gasteiger partial charge is 0.331 e. The number of allylic oxidation sites excluding steroid dienone is 1.